The molecule has 0 atom stereocenters. The van der Waals surface area contributed by atoms with Crippen molar-refractivity contribution >= 4 is 5.97 Å². The van der Waals surface area contributed by atoms with E-state index in [0.29, 0.717) is 36.7 Å². The maximum Gasteiger partial charge on any atom is 0.336 e. The third kappa shape index (κ3) is 5.58. The minimum Gasteiger partial charge on any atom is -0.478 e. The van der Waals surface area contributed by atoms with E-state index in [1.54, 1.807) is 27.3 Å². The summed E-state index contributed by atoms with van der Waals surface area (Å²) in [4.78, 5) is 25.0. The number of hydrogen-bond donors (Lipinski definition) is 1. The first kappa shape index (κ1) is 25.0. The van der Waals surface area contributed by atoms with Gasteiger partial charge in [-0.25, -0.2) is 14.0 Å². The standard InChI is InChI=1S/C29H35FN2O3/c1-2-8-26-27(19-30)31(18-17-21-9-4-3-5-10-21)29(35)32(26)20-22-13-15-23(16-14-22)24-11-6-7-12-25(24)28(33)34/h6-7,11-16,21H,2-5,8-10,17-20H2,1H3,(H,33,34). The quantitative estimate of drug-likeness (QED) is 0.364. The van der Waals surface area contributed by atoms with Gasteiger partial charge in [-0.2, -0.15) is 0 Å². The summed E-state index contributed by atoms with van der Waals surface area (Å²) in [6.07, 6.45) is 8.65. The van der Waals surface area contributed by atoms with Crippen LogP contribution in [-0.2, 0) is 26.2 Å². The Balaban J connectivity index is 1.60. The van der Waals surface area contributed by atoms with Crippen molar-refractivity contribution < 1.29 is 14.3 Å². The Morgan fingerprint density at radius 3 is 2.37 bits per heavy atom. The molecule has 1 saturated carbocycles. The van der Waals surface area contributed by atoms with Crippen LogP contribution < -0.4 is 5.69 Å². The highest BCUT2D eigenvalue weighted by molar-refractivity contribution is 5.95. The van der Waals surface area contributed by atoms with E-state index in [-0.39, 0.29) is 11.3 Å². The first-order valence-electron chi connectivity index (χ1n) is 12.8. The molecule has 1 aromatic heterocycles. The molecule has 6 heteroatoms. The van der Waals surface area contributed by atoms with Crippen LogP contribution in [0.15, 0.2) is 53.3 Å². The second kappa shape index (κ2) is 11.5. The number of hydrogen-bond acceptors (Lipinski definition) is 2. The third-order valence-corrected chi connectivity index (χ3v) is 7.31. The summed E-state index contributed by atoms with van der Waals surface area (Å²) in [6.45, 7) is 2.37. The van der Waals surface area contributed by atoms with Crippen LogP contribution in [0.3, 0.4) is 0 Å². The van der Waals surface area contributed by atoms with Crippen LogP contribution in [0.4, 0.5) is 4.39 Å². The van der Waals surface area contributed by atoms with E-state index in [0.717, 1.165) is 29.7 Å². The molecule has 0 unspecified atom stereocenters. The highest BCUT2D eigenvalue weighted by atomic mass is 19.1. The summed E-state index contributed by atoms with van der Waals surface area (Å²) in [6, 6.07) is 14.5. The van der Waals surface area contributed by atoms with Gasteiger partial charge < -0.3 is 5.11 Å². The van der Waals surface area contributed by atoms with Crippen molar-refractivity contribution in [2.75, 3.05) is 0 Å². The van der Waals surface area contributed by atoms with Gasteiger partial charge in [0.2, 0.25) is 0 Å². The molecule has 2 aromatic carbocycles. The predicted molar refractivity (Wildman–Crippen MR) is 137 cm³/mol. The molecule has 1 aliphatic rings. The van der Waals surface area contributed by atoms with Crippen LogP contribution in [0.25, 0.3) is 11.1 Å². The number of carbonyl (C=O) groups is 1. The minimum atomic E-state index is -0.964. The fraction of sp³-hybridized carbons (Fsp3) is 0.448. The van der Waals surface area contributed by atoms with E-state index < -0.39 is 12.6 Å². The van der Waals surface area contributed by atoms with E-state index in [2.05, 4.69) is 0 Å². The maximum atomic E-state index is 14.2. The number of carboxylic acid groups (broad SMARTS) is 1. The average molecular weight is 479 g/mol. The predicted octanol–water partition coefficient (Wildman–Crippen LogP) is 6.46. The number of aromatic nitrogens is 2. The summed E-state index contributed by atoms with van der Waals surface area (Å²) in [7, 11) is 0. The summed E-state index contributed by atoms with van der Waals surface area (Å²) in [5.41, 5.74) is 3.84. The molecule has 0 spiro atoms. The number of nitrogens with zero attached hydrogens (tertiary/aromatic N) is 2. The Morgan fingerprint density at radius 2 is 1.71 bits per heavy atom. The van der Waals surface area contributed by atoms with Crippen molar-refractivity contribution in [3.05, 3.63) is 81.5 Å². The number of rotatable bonds is 10. The molecule has 0 aliphatic heterocycles. The van der Waals surface area contributed by atoms with Gasteiger partial charge >= 0.3 is 11.7 Å². The second-order valence-corrected chi connectivity index (χ2v) is 9.64. The summed E-state index contributed by atoms with van der Waals surface area (Å²) >= 11 is 0. The summed E-state index contributed by atoms with van der Waals surface area (Å²) < 4.78 is 17.6. The Labute approximate surface area is 206 Å². The van der Waals surface area contributed by atoms with Gasteiger partial charge in [0, 0.05) is 12.2 Å². The molecule has 0 saturated heterocycles. The van der Waals surface area contributed by atoms with Gasteiger partial charge in [0.25, 0.3) is 0 Å². The Hall–Kier alpha value is -3.15. The first-order chi connectivity index (χ1) is 17.0. The largest absolute Gasteiger partial charge is 0.478 e. The van der Waals surface area contributed by atoms with Crippen molar-refractivity contribution in [1.82, 2.24) is 9.13 Å². The summed E-state index contributed by atoms with van der Waals surface area (Å²) in [5, 5.41) is 9.50. The molecular weight excluding hydrogens is 443 g/mol. The lowest BCUT2D eigenvalue weighted by Crippen LogP contribution is -2.27. The van der Waals surface area contributed by atoms with Gasteiger partial charge in [-0.15, -0.1) is 0 Å². The molecular formula is C29H35FN2O3. The maximum absolute atomic E-state index is 14.2. The van der Waals surface area contributed by atoms with Crippen LogP contribution in [0.2, 0.25) is 0 Å². The second-order valence-electron chi connectivity index (χ2n) is 9.64. The number of benzene rings is 2. The molecule has 0 bridgehead atoms. The molecule has 4 rings (SSSR count). The van der Waals surface area contributed by atoms with Crippen molar-refractivity contribution in [3.63, 3.8) is 0 Å². The summed E-state index contributed by atoms with van der Waals surface area (Å²) in [5.74, 6) is -0.337. The van der Waals surface area contributed by atoms with Crippen molar-refractivity contribution in [1.29, 1.82) is 0 Å². The monoisotopic (exact) mass is 478 g/mol. The van der Waals surface area contributed by atoms with E-state index in [1.165, 1.54) is 32.1 Å². The van der Waals surface area contributed by atoms with Gasteiger partial charge in [0.15, 0.2) is 0 Å². The molecule has 1 fully saturated rings. The SMILES string of the molecule is CCCc1c(CF)n(CCC2CCCCC2)c(=O)n1Cc1ccc(-c2ccccc2C(=O)O)cc1. The first-order valence-corrected chi connectivity index (χ1v) is 12.8. The van der Waals surface area contributed by atoms with Crippen molar-refractivity contribution in [2.45, 2.75) is 78.1 Å². The lowest BCUT2D eigenvalue weighted by Gasteiger charge is -2.21. The third-order valence-electron chi connectivity index (χ3n) is 7.31. The lowest BCUT2D eigenvalue weighted by molar-refractivity contribution is 0.0697. The number of halogens is 1. The fourth-order valence-corrected chi connectivity index (χ4v) is 5.43. The zero-order valence-corrected chi connectivity index (χ0v) is 20.5. The highest BCUT2D eigenvalue weighted by Gasteiger charge is 2.21. The van der Waals surface area contributed by atoms with E-state index >= 15 is 0 Å². The lowest BCUT2D eigenvalue weighted by atomic mass is 9.87. The van der Waals surface area contributed by atoms with Crippen molar-refractivity contribution in [2.24, 2.45) is 5.92 Å². The number of carboxylic acids is 1. The fourth-order valence-electron chi connectivity index (χ4n) is 5.43. The molecule has 1 heterocycles. The van der Waals surface area contributed by atoms with E-state index in [1.807, 2.05) is 37.3 Å². The molecule has 5 nitrogen and oxygen atoms in total. The smallest absolute Gasteiger partial charge is 0.336 e. The minimum absolute atomic E-state index is 0.128. The Bertz CT molecular complexity index is 1200. The van der Waals surface area contributed by atoms with Gasteiger partial charge in [-0.3, -0.25) is 9.13 Å². The van der Waals surface area contributed by atoms with Crippen LogP contribution in [0.5, 0.6) is 0 Å². The normalized spacial score (nSPS) is 14.3. The molecule has 35 heavy (non-hydrogen) atoms. The van der Waals surface area contributed by atoms with Crippen LogP contribution in [0, 0.1) is 5.92 Å². The van der Waals surface area contributed by atoms with E-state index in [9.17, 15) is 19.1 Å². The number of aromatic carboxylic acids is 1. The van der Waals surface area contributed by atoms with Gasteiger partial charge in [-0.1, -0.05) is 87.9 Å². The zero-order valence-electron chi connectivity index (χ0n) is 20.5. The molecule has 3 aromatic rings. The molecule has 0 radical (unpaired) electrons. The van der Waals surface area contributed by atoms with Crippen molar-refractivity contribution in [3.8, 4) is 11.1 Å². The number of imidazole rings is 1. The van der Waals surface area contributed by atoms with Crippen LogP contribution in [0.1, 0.15) is 79.2 Å². The van der Waals surface area contributed by atoms with Gasteiger partial charge in [0.1, 0.15) is 6.67 Å². The highest BCUT2D eigenvalue weighted by Crippen LogP contribution is 2.28. The molecule has 0 amide bonds. The molecule has 1 aliphatic carbocycles. The van der Waals surface area contributed by atoms with Gasteiger partial charge in [0.05, 0.1) is 17.8 Å². The van der Waals surface area contributed by atoms with E-state index in [4.69, 9.17) is 0 Å². The average Bonchev–Trinajstić information content (AvgIpc) is 3.13. The zero-order chi connectivity index (χ0) is 24.8. The Morgan fingerprint density at radius 1 is 1.00 bits per heavy atom. The topological polar surface area (TPSA) is 64.2 Å². The molecule has 186 valence electrons. The van der Waals surface area contributed by atoms with Crippen LogP contribution in [-0.4, -0.2) is 20.2 Å². The number of alkyl halides is 1. The molecule has 1 N–H and O–H groups in total. The van der Waals surface area contributed by atoms with Crippen LogP contribution >= 0.6 is 0 Å². The van der Waals surface area contributed by atoms with Gasteiger partial charge in [-0.05, 0) is 41.5 Å². The Kier molecular flexibility index (Phi) is 8.21.